The van der Waals surface area contributed by atoms with E-state index in [4.69, 9.17) is 5.73 Å². The topological polar surface area (TPSA) is 26.0 Å². The number of rotatable bonds is 2. The second kappa shape index (κ2) is 5.20. The van der Waals surface area contributed by atoms with Crippen molar-refractivity contribution in [2.24, 2.45) is 5.73 Å². The Hall–Kier alpha value is -0.760. The van der Waals surface area contributed by atoms with E-state index in [0.29, 0.717) is 0 Å². The van der Waals surface area contributed by atoms with E-state index in [2.05, 4.69) is 28.9 Å². The average Bonchev–Trinajstić information content (AvgIpc) is 2.14. The van der Waals surface area contributed by atoms with Gasteiger partial charge in [0.05, 0.1) is 0 Å². The maximum absolute atomic E-state index is 5.98. The molecule has 0 unspecified atom stereocenters. The number of hydrogen-bond acceptors (Lipinski definition) is 1. The smallest absolute Gasteiger partial charge is 0.0349 e. The van der Waals surface area contributed by atoms with Crippen molar-refractivity contribution in [3.05, 3.63) is 45.6 Å². The molecule has 2 heteroatoms. The zero-order valence-electron chi connectivity index (χ0n) is 8.68. The molecule has 0 spiro atoms. The molecule has 0 heterocycles. The Bertz CT molecular complexity index is 332. The molecule has 0 radical (unpaired) electrons. The summed E-state index contributed by atoms with van der Waals surface area (Å²) >= 11 is 3.51. The number of allylic oxidation sites excluding steroid dienone is 7. The van der Waals surface area contributed by atoms with Gasteiger partial charge in [-0.05, 0) is 54.5 Å². The summed E-state index contributed by atoms with van der Waals surface area (Å²) in [5.41, 5.74) is 9.40. The van der Waals surface area contributed by atoms with Gasteiger partial charge in [-0.1, -0.05) is 28.1 Å². The predicted octanol–water partition coefficient (Wildman–Crippen LogP) is 3.79. The maximum Gasteiger partial charge on any atom is 0.0349 e. The first-order valence-electron chi connectivity index (χ1n) is 4.79. The Balaban J connectivity index is 2.93. The Morgan fingerprint density at radius 1 is 1.50 bits per heavy atom. The zero-order chi connectivity index (χ0) is 10.6. The monoisotopic (exact) mass is 253 g/mol. The van der Waals surface area contributed by atoms with Crippen molar-refractivity contribution in [1.82, 2.24) is 0 Å². The molecule has 0 aromatic carbocycles. The van der Waals surface area contributed by atoms with Crippen molar-refractivity contribution in [3.63, 3.8) is 0 Å². The summed E-state index contributed by atoms with van der Waals surface area (Å²) in [6.45, 7) is 4.09. The molecule has 76 valence electrons. The van der Waals surface area contributed by atoms with Crippen molar-refractivity contribution in [2.45, 2.75) is 26.7 Å². The van der Waals surface area contributed by atoms with Crippen LogP contribution < -0.4 is 5.73 Å². The van der Waals surface area contributed by atoms with Crippen LogP contribution in [0.15, 0.2) is 45.6 Å². The molecule has 0 aromatic rings. The lowest BCUT2D eigenvalue weighted by atomic mass is 9.96. The van der Waals surface area contributed by atoms with Crippen LogP contribution in [-0.2, 0) is 0 Å². The van der Waals surface area contributed by atoms with Crippen LogP contribution in [0.2, 0.25) is 0 Å². The van der Waals surface area contributed by atoms with Crippen molar-refractivity contribution in [2.75, 3.05) is 0 Å². The highest BCUT2D eigenvalue weighted by atomic mass is 79.9. The lowest BCUT2D eigenvalue weighted by molar-refractivity contribution is 0.932. The molecule has 2 N–H and O–H groups in total. The molecule has 0 atom stereocenters. The number of nitrogens with two attached hydrogens (primary N) is 1. The molecular formula is C12H16BrN. The molecule has 0 fully saturated rings. The number of halogens is 1. The van der Waals surface area contributed by atoms with Crippen LogP contribution in [0.25, 0.3) is 0 Å². The minimum atomic E-state index is 0.886. The molecule has 14 heavy (non-hydrogen) atoms. The molecule has 1 nitrogen and oxygen atoms in total. The zero-order valence-corrected chi connectivity index (χ0v) is 10.3. The molecule has 1 aliphatic rings. The van der Waals surface area contributed by atoms with Crippen LogP contribution in [0.1, 0.15) is 26.7 Å². The van der Waals surface area contributed by atoms with Gasteiger partial charge in [0.15, 0.2) is 0 Å². The second-order valence-electron chi connectivity index (χ2n) is 3.40. The molecule has 0 saturated carbocycles. The summed E-state index contributed by atoms with van der Waals surface area (Å²) in [5.74, 6) is 0. The Labute approximate surface area is 94.2 Å². The van der Waals surface area contributed by atoms with E-state index in [0.717, 1.165) is 18.5 Å². The Kier molecular flexibility index (Phi) is 4.21. The van der Waals surface area contributed by atoms with Crippen molar-refractivity contribution < 1.29 is 0 Å². The Morgan fingerprint density at radius 3 is 2.79 bits per heavy atom. The largest absolute Gasteiger partial charge is 0.398 e. The van der Waals surface area contributed by atoms with Gasteiger partial charge in [0, 0.05) is 5.70 Å². The van der Waals surface area contributed by atoms with Gasteiger partial charge in [-0.3, -0.25) is 0 Å². The summed E-state index contributed by atoms with van der Waals surface area (Å²) in [6.07, 6.45) is 10.2. The van der Waals surface area contributed by atoms with E-state index in [1.54, 1.807) is 0 Å². The van der Waals surface area contributed by atoms with Crippen molar-refractivity contribution in [3.8, 4) is 0 Å². The molecular weight excluding hydrogens is 238 g/mol. The van der Waals surface area contributed by atoms with Crippen molar-refractivity contribution >= 4 is 15.9 Å². The van der Waals surface area contributed by atoms with Gasteiger partial charge in [-0.25, -0.2) is 0 Å². The van der Waals surface area contributed by atoms with Gasteiger partial charge < -0.3 is 5.73 Å². The summed E-state index contributed by atoms with van der Waals surface area (Å²) in [7, 11) is 0. The molecule has 0 saturated heterocycles. The summed E-state index contributed by atoms with van der Waals surface area (Å²) < 4.78 is 1.26. The fourth-order valence-corrected chi connectivity index (χ4v) is 2.05. The van der Waals surface area contributed by atoms with E-state index in [1.165, 1.54) is 15.6 Å². The third kappa shape index (κ3) is 2.88. The van der Waals surface area contributed by atoms with Gasteiger partial charge >= 0.3 is 0 Å². The standard InChI is InChI=1S/C12H16BrN/c1-3-4-5-12(14)11-7-6-10(13)8-9(11)2/h3-5,8H,6-7,14H2,1-2H3/b4-3-,12-5-. The number of hydrogen-bond donors (Lipinski definition) is 1. The van der Waals surface area contributed by atoms with Gasteiger partial charge in [0.25, 0.3) is 0 Å². The predicted molar refractivity (Wildman–Crippen MR) is 66.0 cm³/mol. The molecule has 1 aliphatic carbocycles. The summed E-state index contributed by atoms with van der Waals surface area (Å²) in [4.78, 5) is 0. The molecule has 0 bridgehead atoms. The fraction of sp³-hybridized carbons (Fsp3) is 0.333. The third-order valence-electron chi connectivity index (χ3n) is 2.28. The normalized spacial score (nSPS) is 19.1. The van der Waals surface area contributed by atoms with Gasteiger partial charge in [-0.2, -0.15) is 0 Å². The van der Waals surface area contributed by atoms with Crippen LogP contribution in [-0.4, -0.2) is 0 Å². The van der Waals surface area contributed by atoms with Gasteiger partial charge in [0.1, 0.15) is 0 Å². The lowest BCUT2D eigenvalue weighted by Crippen LogP contribution is -2.05. The first kappa shape index (κ1) is 11.3. The maximum atomic E-state index is 5.98. The quantitative estimate of drug-likeness (QED) is 0.745. The SMILES string of the molecule is C/C=C\C=C(/N)C1=C(C)C=C(Br)CC1. The first-order chi connectivity index (χ1) is 6.65. The average molecular weight is 254 g/mol. The molecule has 0 amide bonds. The molecule has 0 aromatic heterocycles. The molecule has 1 rings (SSSR count). The van der Waals surface area contributed by atoms with Crippen LogP contribution in [0.4, 0.5) is 0 Å². The van der Waals surface area contributed by atoms with Crippen LogP contribution in [0.3, 0.4) is 0 Å². The van der Waals surface area contributed by atoms with E-state index in [1.807, 2.05) is 25.2 Å². The lowest BCUT2D eigenvalue weighted by Gasteiger charge is -2.15. The summed E-state index contributed by atoms with van der Waals surface area (Å²) in [5, 5.41) is 0. The summed E-state index contributed by atoms with van der Waals surface area (Å²) in [6, 6.07) is 0. The van der Waals surface area contributed by atoms with E-state index >= 15 is 0 Å². The van der Waals surface area contributed by atoms with Crippen LogP contribution >= 0.6 is 15.9 Å². The van der Waals surface area contributed by atoms with Crippen LogP contribution in [0, 0.1) is 0 Å². The van der Waals surface area contributed by atoms with E-state index in [-0.39, 0.29) is 0 Å². The fourth-order valence-electron chi connectivity index (χ4n) is 1.51. The van der Waals surface area contributed by atoms with Crippen LogP contribution in [0.5, 0.6) is 0 Å². The van der Waals surface area contributed by atoms with Gasteiger partial charge in [-0.15, -0.1) is 0 Å². The molecule has 0 aliphatic heterocycles. The first-order valence-corrected chi connectivity index (χ1v) is 5.59. The second-order valence-corrected chi connectivity index (χ2v) is 4.42. The van der Waals surface area contributed by atoms with Crippen molar-refractivity contribution in [1.29, 1.82) is 0 Å². The van der Waals surface area contributed by atoms with E-state index < -0.39 is 0 Å². The highest BCUT2D eigenvalue weighted by Crippen LogP contribution is 2.29. The van der Waals surface area contributed by atoms with E-state index in [9.17, 15) is 0 Å². The van der Waals surface area contributed by atoms with Gasteiger partial charge in [0.2, 0.25) is 0 Å². The highest BCUT2D eigenvalue weighted by Gasteiger charge is 2.10. The minimum absolute atomic E-state index is 0.886. The minimum Gasteiger partial charge on any atom is -0.398 e. The Morgan fingerprint density at radius 2 is 2.21 bits per heavy atom. The highest BCUT2D eigenvalue weighted by molar-refractivity contribution is 9.11. The third-order valence-corrected chi connectivity index (χ3v) is 2.91.